The van der Waals surface area contributed by atoms with Gasteiger partial charge in [-0.05, 0) is 6.92 Å². The summed E-state index contributed by atoms with van der Waals surface area (Å²) in [6.45, 7) is 4.22. The predicted octanol–water partition coefficient (Wildman–Crippen LogP) is 0.133. The molecule has 1 N–H and O–H groups in total. The van der Waals surface area contributed by atoms with Crippen LogP contribution in [0.2, 0.25) is 0 Å². The molecule has 0 bridgehead atoms. The Balaban J connectivity index is 3.60. The van der Waals surface area contributed by atoms with Crippen molar-refractivity contribution in [2.75, 3.05) is 26.9 Å². The Kier molecular flexibility index (Phi) is 7.85. The molecule has 15 heavy (non-hydrogen) atoms. The lowest BCUT2D eigenvalue weighted by molar-refractivity contribution is -0.130. The summed E-state index contributed by atoms with van der Waals surface area (Å²) in [6, 6.07) is -0.437. The normalized spacial score (nSPS) is 12.2. The first-order valence-corrected chi connectivity index (χ1v) is 5.00. The summed E-state index contributed by atoms with van der Waals surface area (Å²) in [7, 11) is 1.56. The van der Waals surface area contributed by atoms with E-state index >= 15 is 0 Å². The SMILES string of the molecule is CCC(=O)C(C)NC(=O)COCCOC. The van der Waals surface area contributed by atoms with Gasteiger partial charge in [-0.1, -0.05) is 6.92 Å². The first-order chi connectivity index (χ1) is 7.11. The highest BCUT2D eigenvalue weighted by Gasteiger charge is 2.13. The number of carbonyl (C=O) groups excluding carboxylic acids is 2. The fraction of sp³-hybridized carbons (Fsp3) is 0.800. The number of amides is 1. The molecule has 5 nitrogen and oxygen atoms in total. The second-order valence-corrected chi connectivity index (χ2v) is 3.15. The van der Waals surface area contributed by atoms with Crippen LogP contribution >= 0.6 is 0 Å². The predicted molar refractivity (Wildman–Crippen MR) is 55.6 cm³/mol. The van der Waals surface area contributed by atoms with E-state index in [1.165, 1.54) is 0 Å². The molecule has 88 valence electrons. The molecule has 0 fully saturated rings. The van der Waals surface area contributed by atoms with E-state index in [4.69, 9.17) is 9.47 Å². The summed E-state index contributed by atoms with van der Waals surface area (Å²) in [6.07, 6.45) is 0.423. The first kappa shape index (κ1) is 14.1. The minimum atomic E-state index is -0.437. The van der Waals surface area contributed by atoms with E-state index in [1.807, 2.05) is 0 Å². The third-order valence-electron chi connectivity index (χ3n) is 1.87. The van der Waals surface area contributed by atoms with Gasteiger partial charge in [0.1, 0.15) is 6.61 Å². The van der Waals surface area contributed by atoms with Crippen LogP contribution in [0.5, 0.6) is 0 Å². The molecule has 5 heteroatoms. The van der Waals surface area contributed by atoms with Crippen LogP contribution in [0.1, 0.15) is 20.3 Å². The van der Waals surface area contributed by atoms with Crippen molar-refractivity contribution in [3.8, 4) is 0 Å². The van der Waals surface area contributed by atoms with E-state index < -0.39 is 6.04 Å². The van der Waals surface area contributed by atoms with Gasteiger partial charge in [-0.2, -0.15) is 0 Å². The van der Waals surface area contributed by atoms with E-state index in [-0.39, 0.29) is 18.3 Å². The highest BCUT2D eigenvalue weighted by molar-refractivity contribution is 5.88. The van der Waals surface area contributed by atoms with Gasteiger partial charge in [-0.15, -0.1) is 0 Å². The number of carbonyl (C=O) groups is 2. The van der Waals surface area contributed by atoms with Crippen LogP contribution in [-0.4, -0.2) is 44.7 Å². The van der Waals surface area contributed by atoms with E-state index in [0.29, 0.717) is 19.6 Å². The van der Waals surface area contributed by atoms with Crippen LogP contribution in [0.3, 0.4) is 0 Å². The standard InChI is InChI=1S/C10H19NO4/c1-4-9(12)8(2)11-10(13)7-15-6-5-14-3/h8H,4-7H2,1-3H3,(H,11,13). The Morgan fingerprint density at radius 2 is 2.00 bits per heavy atom. The zero-order valence-corrected chi connectivity index (χ0v) is 9.54. The Morgan fingerprint density at radius 1 is 1.33 bits per heavy atom. The Bertz CT molecular complexity index is 206. The smallest absolute Gasteiger partial charge is 0.246 e. The van der Waals surface area contributed by atoms with Crippen molar-refractivity contribution in [3.63, 3.8) is 0 Å². The van der Waals surface area contributed by atoms with Gasteiger partial charge in [0, 0.05) is 13.5 Å². The van der Waals surface area contributed by atoms with E-state index in [1.54, 1.807) is 21.0 Å². The number of Topliss-reactive ketones (excluding diaryl/α,β-unsaturated/α-hetero) is 1. The summed E-state index contributed by atoms with van der Waals surface area (Å²) in [4.78, 5) is 22.4. The van der Waals surface area contributed by atoms with Gasteiger partial charge < -0.3 is 14.8 Å². The molecule has 0 aliphatic carbocycles. The number of rotatable bonds is 8. The molecule has 0 heterocycles. The highest BCUT2D eigenvalue weighted by atomic mass is 16.5. The second-order valence-electron chi connectivity index (χ2n) is 3.15. The Morgan fingerprint density at radius 3 is 2.53 bits per heavy atom. The Labute approximate surface area is 90.1 Å². The molecule has 1 unspecified atom stereocenters. The molecule has 0 aliphatic rings. The van der Waals surface area contributed by atoms with Gasteiger partial charge in [0.25, 0.3) is 0 Å². The summed E-state index contributed by atoms with van der Waals surface area (Å²) < 4.78 is 9.75. The monoisotopic (exact) mass is 217 g/mol. The average molecular weight is 217 g/mol. The fourth-order valence-electron chi connectivity index (χ4n) is 0.977. The molecule has 0 rings (SSSR count). The van der Waals surface area contributed by atoms with Crippen molar-refractivity contribution in [1.82, 2.24) is 5.32 Å². The van der Waals surface area contributed by atoms with E-state index in [9.17, 15) is 9.59 Å². The van der Waals surface area contributed by atoms with E-state index in [2.05, 4.69) is 5.32 Å². The van der Waals surface area contributed by atoms with Crippen molar-refractivity contribution in [2.45, 2.75) is 26.3 Å². The fourth-order valence-corrected chi connectivity index (χ4v) is 0.977. The van der Waals surface area contributed by atoms with Crippen LogP contribution in [0.4, 0.5) is 0 Å². The average Bonchev–Trinajstić information content (AvgIpc) is 2.23. The van der Waals surface area contributed by atoms with Gasteiger partial charge >= 0.3 is 0 Å². The number of nitrogens with one attached hydrogen (secondary N) is 1. The summed E-state index contributed by atoms with van der Waals surface area (Å²) in [5.74, 6) is -0.263. The lowest BCUT2D eigenvalue weighted by Gasteiger charge is -2.11. The molecule has 0 aromatic heterocycles. The molecular weight excluding hydrogens is 198 g/mol. The van der Waals surface area contributed by atoms with Gasteiger partial charge in [-0.3, -0.25) is 9.59 Å². The van der Waals surface area contributed by atoms with Gasteiger partial charge in [0.2, 0.25) is 5.91 Å². The zero-order chi connectivity index (χ0) is 11.7. The third-order valence-corrected chi connectivity index (χ3v) is 1.87. The maximum Gasteiger partial charge on any atom is 0.246 e. The van der Waals surface area contributed by atoms with Crippen molar-refractivity contribution in [1.29, 1.82) is 0 Å². The topological polar surface area (TPSA) is 64.6 Å². The van der Waals surface area contributed by atoms with Crippen LogP contribution in [0.15, 0.2) is 0 Å². The zero-order valence-electron chi connectivity index (χ0n) is 9.54. The quantitative estimate of drug-likeness (QED) is 0.587. The number of methoxy groups -OCH3 is 1. The minimum Gasteiger partial charge on any atom is -0.382 e. The van der Waals surface area contributed by atoms with Crippen LogP contribution < -0.4 is 5.32 Å². The lowest BCUT2D eigenvalue weighted by atomic mass is 10.2. The molecule has 0 saturated carbocycles. The molecule has 1 atom stereocenters. The molecular formula is C10H19NO4. The van der Waals surface area contributed by atoms with Crippen molar-refractivity contribution in [3.05, 3.63) is 0 Å². The van der Waals surface area contributed by atoms with Crippen LogP contribution in [-0.2, 0) is 19.1 Å². The number of hydrogen-bond acceptors (Lipinski definition) is 4. The molecule has 0 aromatic carbocycles. The third kappa shape index (κ3) is 7.04. The largest absolute Gasteiger partial charge is 0.382 e. The van der Waals surface area contributed by atoms with Crippen LogP contribution in [0.25, 0.3) is 0 Å². The molecule has 1 amide bonds. The molecule has 0 spiro atoms. The van der Waals surface area contributed by atoms with Gasteiger partial charge in [-0.25, -0.2) is 0 Å². The van der Waals surface area contributed by atoms with E-state index in [0.717, 1.165) is 0 Å². The minimum absolute atomic E-state index is 0.0141. The van der Waals surface area contributed by atoms with Crippen molar-refractivity contribution >= 4 is 11.7 Å². The van der Waals surface area contributed by atoms with Gasteiger partial charge in [0.15, 0.2) is 5.78 Å². The molecule has 0 radical (unpaired) electrons. The maximum absolute atomic E-state index is 11.2. The van der Waals surface area contributed by atoms with Crippen molar-refractivity contribution < 1.29 is 19.1 Å². The first-order valence-electron chi connectivity index (χ1n) is 5.00. The summed E-state index contributed by atoms with van der Waals surface area (Å²) >= 11 is 0. The second kappa shape index (κ2) is 8.38. The lowest BCUT2D eigenvalue weighted by Crippen LogP contribution is -2.40. The number of ether oxygens (including phenoxy) is 2. The number of ketones is 1. The molecule has 0 aliphatic heterocycles. The Hall–Kier alpha value is -0.940. The maximum atomic E-state index is 11.2. The van der Waals surface area contributed by atoms with Crippen LogP contribution in [0, 0.1) is 0 Å². The summed E-state index contributed by atoms with van der Waals surface area (Å²) in [5, 5.41) is 2.55. The highest BCUT2D eigenvalue weighted by Crippen LogP contribution is 1.90. The number of hydrogen-bond donors (Lipinski definition) is 1. The summed E-state index contributed by atoms with van der Waals surface area (Å²) in [5.41, 5.74) is 0. The molecule has 0 aromatic rings. The molecule has 0 saturated heterocycles. The van der Waals surface area contributed by atoms with Gasteiger partial charge in [0.05, 0.1) is 19.3 Å². The van der Waals surface area contributed by atoms with Crippen molar-refractivity contribution in [2.24, 2.45) is 0 Å².